The van der Waals surface area contributed by atoms with E-state index in [0.29, 0.717) is 0 Å². The minimum Gasteiger partial charge on any atom is -0.425 e. The maximum atomic E-state index is 12.5. The third kappa shape index (κ3) is 2.43. The Morgan fingerprint density at radius 3 is 2.18 bits per heavy atom. The van der Waals surface area contributed by atoms with Crippen molar-refractivity contribution in [2.24, 2.45) is 0 Å². The molecule has 0 amide bonds. The Bertz CT molecular complexity index is 734. The smallest absolute Gasteiger partial charge is 0.323 e. The average Bonchev–Trinajstić information content (AvgIpc) is 2.74. The summed E-state index contributed by atoms with van der Waals surface area (Å²) in [7, 11) is 0. The van der Waals surface area contributed by atoms with Crippen molar-refractivity contribution in [3.8, 4) is 5.75 Å². The molecule has 1 atom stereocenters. The number of hydrogen-bond acceptors (Lipinski definition) is 2. The van der Waals surface area contributed by atoms with E-state index < -0.39 is 0 Å². The summed E-state index contributed by atoms with van der Waals surface area (Å²) in [6.45, 7) is 10.6. The van der Waals surface area contributed by atoms with E-state index in [1.165, 1.54) is 11.1 Å². The van der Waals surface area contributed by atoms with E-state index in [1.54, 1.807) is 0 Å². The molecule has 0 spiro atoms. The average molecular weight is 294 g/mol. The van der Waals surface area contributed by atoms with Crippen molar-refractivity contribution in [2.45, 2.75) is 46.0 Å². The van der Waals surface area contributed by atoms with Crippen LogP contribution in [0.5, 0.6) is 5.75 Å². The normalized spacial score (nSPS) is 17.3. The third-order valence-corrected chi connectivity index (χ3v) is 4.23. The molecule has 1 aliphatic rings. The van der Waals surface area contributed by atoms with Gasteiger partial charge in [0, 0.05) is 11.1 Å². The van der Waals surface area contributed by atoms with Crippen molar-refractivity contribution in [2.75, 3.05) is 0 Å². The Morgan fingerprint density at radius 2 is 1.59 bits per heavy atom. The Balaban J connectivity index is 2.18. The number of carbonyl (C=O) groups excluding carboxylic acids is 1. The van der Waals surface area contributed by atoms with Gasteiger partial charge in [0.2, 0.25) is 0 Å². The van der Waals surface area contributed by atoms with Crippen LogP contribution in [0.3, 0.4) is 0 Å². The van der Waals surface area contributed by atoms with Gasteiger partial charge in [-0.15, -0.1) is 0 Å². The molecule has 1 aliphatic heterocycles. The highest BCUT2D eigenvalue weighted by Gasteiger charge is 2.38. The molecule has 2 aromatic rings. The van der Waals surface area contributed by atoms with Crippen molar-refractivity contribution in [3.63, 3.8) is 0 Å². The van der Waals surface area contributed by atoms with Gasteiger partial charge < -0.3 is 4.74 Å². The number of fused-ring (bicyclic) bond motifs is 1. The van der Waals surface area contributed by atoms with E-state index in [1.807, 2.05) is 31.2 Å². The molecule has 0 aliphatic carbocycles. The van der Waals surface area contributed by atoms with Crippen molar-refractivity contribution in [1.82, 2.24) is 0 Å². The maximum Gasteiger partial charge on any atom is 0.323 e. The lowest BCUT2D eigenvalue weighted by Gasteiger charge is -2.22. The number of ether oxygens (including phenoxy) is 1. The molecule has 1 heterocycles. The predicted octanol–water partition coefficient (Wildman–Crippen LogP) is 4.65. The van der Waals surface area contributed by atoms with Crippen LogP contribution in [0.4, 0.5) is 0 Å². The van der Waals surface area contributed by atoms with Gasteiger partial charge in [-0.05, 0) is 24.8 Å². The minimum absolute atomic E-state index is 0.0570. The van der Waals surface area contributed by atoms with E-state index in [4.69, 9.17) is 4.74 Å². The van der Waals surface area contributed by atoms with Crippen LogP contribution < -0.4 is 4.74 Å². The zero-order valence-electron chi connectivity index (χ0n) is 13.9. The summed E-state index contributed by atoms with van der Waals surface area (Å²) < 4.78 is 5.68. The van der Waals surface area contributed by atoms with Gasteiger partial charge >= 0.3 is 5.97 Å². The zero-order valence-corrected chi connectivity index (χ0v) is 13.9. The van der Waals surface area contributed by atoms with Crippen LogP contribution in [-0.2, 0) is 10.2 Å². The molecule has 0 aromatic heterocycles. The molecule has 0 bridgehead atoms. The van der Waals surface area contributed by atoms with Gasteiger partial charge in [0.25, 0.3) is 0 Å². The first-order chi connectivity index (χ1) is 10.3. The van der Waals surface area contributed by atoms with Crippen LogP contribution >= 0.6 is 0 Å². The van der Waals surface area contributed by atoms with E-state index >= 15 is 0 Å². The molecular weight excluding hydrogens is 272 g/mol. The van der Waals surface area contributed by atoms with Crippen LogP contribution in [-0.4, -0.2) is 5.97 Å². The Labute approximate surface area is 132 Å². The van der Waals surface area contributed by atoms with Crippen LogP contribution in [0.2, 0.25) is 0 Å². The quantitative estimate of drug-likeness (QED) is 0.565. The second kappa shape index (κ2) is 4.98. The molecule has 22 heavy (non-hydrogen) atoms. The van der Waals surface area contributed by atoms with Gasteiger partial charge in [0.1, 0.15) is 11.7 Å². The Morgan fingerprint density at radius 1 is 0.955 bits per heavy atom. The van der Waals surface area contributed by atoms with Crippen molar-refractivity contribution >= 4 is 5.97 Å². The fraction of sp³-hybridized carbons (Fsp3) is 0.350. The van der Waals surface area contributed by atoms with Gasteiger partial charge in [0.15, 0.2) is 0 Å². The summed E-state index contributed by atoms with van der Waals surface area (Å²) >= 11 is 0. The number of benzene rings is 2. The molecule has 0 fully saturated rings. The highest BCUT2D eigenvalue weighted by atomic mass is 16.5. The Kier molecular flexibility index (Phi) is 3.36. The van der Waals surface area contributed by atoms with Crippen LogP contribution in [0.25, 0.3) is 0 Å². The van der Waals surface area contributed by atoms with Crippen LogP contribution in [0, 0.1) is 13.8 Å². The number of rotatable bonds is 1. The van der Waals surface area contributed by atoms with Gasteiger partial charge in [-0.1, -0.05) is 68.3 Å². The van der Waals surface area contributed by atoms with Crippen molar-refractivity contribution in [3.05, 3.63) is 64.2 Å². The van der Waals surface area contributed by atoms with Crippen LogP contribution in [0.1, 0.15) is 54.5 Å². The van der Waals surface area contributed by atoms with E-state index in [0.717, 1.165) is 22.4 Å². The first-order valence-corrected chi connectivity index (χ1v) is 7.70. The lowest BCUT2D eigenvalue weighted by molar-refractivity contribution is -0.133. The summed E-state index contributed by atoms with van der Waals surface area (Å²) in [6, 6.07) is 12.3. The number of aryl methyl sites for hydroxylation is 2. The molecule has 2 aromatic carbocycles. The lowest BCUT2D eigenvalue weighted by atomic mass is 9.82. The predicted molar refractivity (Wildman–Crippen MR) is 88.5 cm³/mol. The van der Waals surface area contributed by atoms with Gasteiger partial charge in [-0.3, -0.25) is 4.79 Å². The van der Waals surface area contributed by atoms with Crippen molar-refractivity contribution in [1.29, 1.82) is 0 Å². The molecule has 0 radical (unpaired) electrons. The second-order valence-electron chi connectivity index (χ2n) is 7.25. The van der Waals surface area contributed by atoms with Crippen LogP contribution in [0.15, 0.2) is 36.4 Å². The van der Waals surface area contributed by atoms with E-state index in [-0.39, 0.29) is 17.3 Å². The summed E-state index contributed by atoms with van der Waals surface area (Å²) in [5.41, 5.74) is 5.40. The fourth-order valence-corrected chi connectivity index (χ4v) is 3.05. The van der Waals surface area contributed by atoms with Crippen molar-refractivity contribution < 1.29 is 9.53 Å². The monoisotopic (exact) mass is 294 g/mol. The number of esters is 1. The maximum absolute atomic E-state index is 12.5. The van der Waals surface area contributed by atoms with E-state index in [2.05, 4.69) is 39.8 Å². The van der Waals surface area contributed by atoms with Gasteiger partial charge in [-0.25, -0.2) is 0 Å². The molecule has 2 heteroatoms. The first kappa shape index (κ1) is 14.8. The third-order valence-electron chi connectivity index (χ3n) is 4.23. The lowest BCUT2D eigenvalue weighted by Crippen LogP contribution is -2.13. The SMILES string of the molecule is Cc1ccc([C@@H]2C(=O)Oc3c2cc(C)cc3C(C)(C)C)cc1. The zero-order chi connectivity index (χ0) is 16.1. The largest absolute Gasteiger partial charge is 0.425 e. The van der Waals surface area contributed by atoms with Gasteiger partial charge in [-0.2, -0.15) is 0 Å². The minimum atomic E-state index is -0.309. The standard InChI is InChI=1S/C20H22O2/c1-12-6-8-14(9-7-12)17-15-10-13(2)11-16(20(3,4)5)18(15)22-19(17)21/h6-11,17H,1-5H3/t17-/m0/s1. The number of hydrogen-bond donors (Lipinski definition) is 0. The fourth-order valence-electron chi connectivity index (χ4n) is 3.05. The van der Waals surface area contributed by atoms with Gasteiger partial charge in [0.05, 0.1) is 0 Å². The molecule has 0 unspecified atom stereocenters. The summed E-state index contributed by atoms with van der Waals surface area (Å²) in [5, 5.41) is 0. The topological polar surface area (TPSA) is 26.3 Å². The van der Waals surface area contributed by atoms with E-state index in [9.17, 15) is 4.79 Å². The molecule has 3 rings (SSSR count). The molecule has 0 saturated heterocycles. The Hall–Kier alpha value is -2.09. The first-order valence-electron chi connectivity index (χ1n) is 7.70. The molecular formula is C20H22O2. The summed E-state index contributed by atoms with van der Waals surface area (Å²) in [6.07, 6.45) is 0. The molecule has 114 valence electrons. The molecule has 0 saturated carbocycles. The second-order valence-corrected chi connectivity index (χ2v) is 7.25. The highest BCUT2D eigenvalue weighted by Crippen LogP contribution is 2.45. The molecule has 2 nitrogen and oxygen atoms in total. The summed E-state index contributed by atoms with van der Waals surface area (Å²) in [4.78, 5) is 12.5. The molecule has 0 N–H and O–H groups in total. The highest BCUT2D eigenvalue weighted by molar-refractivity contribution is 5.90. The number of carbonyl (C=O) groups is 1. The summed E-state index contributed by atoms with van der Waals surface area (Å²) in [5.74, 6) is 0.278.